The second-order valence-electron chi connectivity index (χ2n) is 7.39. The van der Waals surface area contributed by atoms with Crippen LogP contribution in [0.1, 0.15) is 38.4 Å². The van der Waals surface area contributed by atoms with Crippen molar-refractivity contribution in [3.05, 3.63) is 46.6 Å². The Balaban J connectivity index is 0.00000225. The Kier molecular flexibility index (Phi) is 6.91. The molecule has 1 saturated heterocycles. The summed E-state index contributed by atoms with van der Waals surface area (Å²) >= 11 is 0. The fourth-order valence-corrected chi connectivity index (χ4v) is 3.87. The monoisotopic (exact) mass is 405 g/mol. The van der Waals surface area contributed by atoms with Gasteiger partial charge in [0.15, 0.2) is 6.10 Å². The summed E-state index contributed by atoms with van der Waals surface area (Å²) in [5.41, 5.74) is 1.82. The molecule has 1 aromatic heterocycles. The van der Waals surface area contributed by atoms with E-state index in [2.05, 4.69) is 17.4 Å². The molecule has 0 radical (unpaired) electrons. The van der Waals surface area contributed by atoms with Gasteiger partial charge in [0.1, 0.15) is 5.82 Å². The number of piperidine rings is 1. The van der Waals surface area contributed by atoms with E-state index in [0.717, 1.165) is 62.4 Å². The van der Waals surface area contributed by atoms with Crippen molar-refractivity contribution in [1.82, 2.24) is 19.7 Å². The molecule has 1 aromatic carbocycles. The van der Waals surface area contributed by atoms with E-state index in [1.165, 1.54) is 0 Å². The number of rotatable bonds is 6. The van der Waals surface area contributed by atoms with Crippen LogP contribution in [0.25, 0.3) is 5.69 Å². The Labute approximate surface area is 171 Å². The van der Waals surface area contributed by atoms with Gasteiger partial charge in [0.2, 0.25) is 0 Å². The highest BCUT2D eigenvalue weighted by Gasteiger charge is 2.25. The smallest absolute Gasteiger partial charge is 0.350 e. The maximum atomic E-state index is 13.1. The molecule has 3 heterocycles. The Hall–Kier alpha value is -2.12. The van der Waals surface area contributed by atoms with Gasteiger partial charge in [-0.15, -0.1) is 12.4 Å². The topological polar surface area (TPSA) is 73.4 Å². The molecule has 1 N–H and O–H groups in total. The van der Waals surface area contributed by atoms with Gasteiger partial charge >= 0.3 is 5.69 Å². The van der Waals surface area contributed by atoms with E-state index in [1.807, 2.05) is 30.3 Å². The predicted molar refractivity (Wildman–Crippen MR) is 112 cm³/mol. The molecule has 2 aliphatic heterocycles. The van der Waals surface area contributed by atoms with Crippen LogP contribution >= 0.6 is 12.4 Å². The average molecular weight is 406 g/mol. The standard InChI is InChI=1S/C20H27N5O2.ClH/c1-2-16-13-18(27-23-16)14-24-20(26)25(17-6-4-3-5-7-17)19(22-24)12-15-8-10-21-11-9-15;/h3-7,15,18,21H,2,8-14H2,1H3;1H. The fraction of sp³-hybridized carbons (Fsp3) is 0.550. The molecule has 152 valence electrons. The van der Waals surface area contributed by atoms with Crippen LogP contribution in [0.2, 0.25) is 0 Å². The zero-order valence-electron chi connectivity index (χ0n) is 16.2. The van der Waals surface area contributed by atoms with Gasteiger partial charge in [0.05, 0.1) is 17.9 Å². The Morgan fingerprint density at radius 3 is 2.64 bits per heavy atom. The lowest BCUT2D eigenvalue weighted by Gasteiger charge is -2.22. The van der Waals surface area contributed by atoms with Crippen LogP contribution in [-0.2, 0) is 17.8 Å². The number of nitrogens with zero attached hydrogens (tertiary/aromatic N) is 4. The molecule has 0 spiro atoms. The van der Waals surface area contributed by atoms with Crippen LogP contribution < -0.4 is 11.0 Å². The maximum absolute atomic E-state index is 13.1. The summed E-state index contributed by atoms with van der Waals surface area (Å²) in [6, 6.07) is 9.79. The van der Waals surface area contributed by atoms with Crippen LogP contribution in [0.15, 0.2) is 40.3 Å². The van der Waals surface area contributed by atoms with Crippen molar-refractivity contribution in [2.75, 3.05) is 13.1 Å². The molecular weight excluding hydrogens is 378 g/mol. The zero-order valence-corrected chi connectivity index (χ0v) is 17.0. The lowest BCUT2D eigenvalue weighted by molar-refractivity contribution is 0.0687. The average Bonchev–Trinajstić information content (AvgIpc) is 3.28. The minimum absolute atomic E-state index is 0. The normalized spacial score (nSPS) is 19.8. The summed E-state index contributed by atoms with van der Waals surface area (Å²) in [7, 11) is 0. The molecule has 1 fully saturated rings. The van der Waals surface area contributed by atoms with Gasteiger partial charge in [0, 0.05) is 12.8 Å². The quantitative estimate of drug-likeness (QED) is 0.801. The fourth-order valence-electron chi connectivity index (χ4n) is 3.87. The molecule has 0 saturated carbocycles. The second kappa shape index (κ2) is 9.39. The zero-order chi connectivity index (χ0) is 18.6. The Morgan fingerprint density at radius 1 is 1.21 bits per heavy atom. The predicted octanol–water partition coefficient (Wildman–Crippen LogP) is 2.55. The minimum Gasteiger partial charge on any atom is -0.390 e. The van der Waals surface area contributed by atoms with E-state index >= 15 is 0 Å². The third-order valence-corrected chi connectivity index (χ3v) is 5.43. The minimum atomic E-state index is -0.108. The molecule has 0 bridgehead atoms. The van der Waals surface area contributed by atoms with Crippen LogP contribution in [0.5, 0.6) is 0 Å². The first-order valence-corrected chi connectivity index (χ1v) is 9.91. The van der Waals surface area contributed by atoms with Crippen molar-refractivity contribution in [3.63, 3.8) is 0 Å². The molecule has 1 unspecified atom stereocenters. The largest absolute Gasteiger partial charge is 0.390 e. The highest BCUT2D eigenvalue weighted by Crippen LogP contribution is 2.19. The Morgan fingerprint density at radius 2 is 1.96 bits per heavy atom. The van der Waals surface area contributed by atoms with E-state index in [4.69, 9.17) is 9.94 Å². The van der Waals surface area contributed by atoms with Crippen molar-refractivity contribution in [2.45, 2.75) is 51.7 Å². The number of hydrogen-bond donors (Lipinski definition) is 1. The Bertz CT molecular complexity index is 855. The number of nitrogens with one attached hydrogen (secondary N) is 1. The SMILES string of the molecule is CCC1=NOC(Cn2nc(CC3CCNCC3)n(-c3ccccc3)c2=O)C1.Cl. The molecule has 0 aliphatic carbocycles. The molecule has 7 nitrogen and oxygen atoms in total. The molecule has 0 amide bonds. The van der Waals surface area contributed by atoms with E-state index in [9.17, 15) is 4.79 Å². The van der Waals surface area contributed by atoms with E-state index in [0.29, 0.717) is 12.5 Å². The van der Waals surface area contributed by atoms with Crippen molar-refractivity contribution >= 4 is 18.1 Å². The summed E-state index contributed by atoms with van der Waals surface area (Å²) in [6.45, 7) is 4.57. The third kappa shape index (κ3) is 4.47. The maximum Gasteiger partial charge on any atom is 0.350 e. The second-order valence-corrected chi connectivity index (χ2v) is 7.39. The van der Waals surface area contributed by atoms with Gasteiger partial charge in [-0.2, -0.15) is 5.10 Å². The van der Waals surface area contributed by atoms with Gasteiger partial charge in [-0.05, 0) is 50.4 Å². The molecule has 8 heteroatoms. The van der Waals surface area contributed by atoms with Gasteiger partial charge in [0.25, 0.3) is 0 Å². The first kappa shape index (κ1) is 20.6. The first-order chi connectivity index (χ1) is 13.2. The number of halogens is 1. The van der Waals surface area contributed by atoms with Gasteiger partial charge < -0.3 is 10.2 Å². The molecule has 4 rings (SSSR count). The van der Waals surface area contributed by atoms with Crippen LogP contribution in [-0.4, -0.2) is 39.3 Å². The van der Waals surface area contributed by atoms with E-state index in [-0.39, 0.29) is 24.2 Å². The highest BCUT2D eigenvalue weighted by atomic mass is 35.5. The summed E-state index contributed by atoms with van der Waals surface area (Å²) in [5.74, 6) is 1.40. The van der Waals surface area contributed by atoms with Gasteiger partial charge in [-0.25, -0.2) is 14.0 Å². The van der Waals surface area contributed by atoms with E-state index < -0.39 is 0 Å². The lowest BCUT2D eigenvalue weighted by Crippen LogP contribution is -2.30. The number of benzene rings is 1. The van der Waals surface area contributed by atoms with E-state index in [1.54, 1.807) is 9.25 Å². The van der Waals surface area contributed by atoms with Crippen molar-refractivity contribution in [3.8, 4) is 5.69 Å². The highest BCUT2D eigenvalue weighted by molar-refractivity contribution is 5.85. The molecule has 2 aliphatic rings. The summed E-state index contributed by atoms with van der Waals surface area (Å²) in [6.07, 6.45) is 4.60. The number of para-hydroxylation sites is 1. The van der Waals surface area contributed by atoms with Crippen molar-refractivity contribution in [1.29, 1.82) is 0 Å². The van der Waals surface area contributed by atoms with Gasteiger partial charge in [-0.3, -0.25) is 0 Å². The van der Waals surface area contributed by atoms with Crippen molar-refractivity contribution in [2.24, 2.45) is 11.1 Å². The van der Waals surface area contributed by atoms with Gasteiger partial charge in [-0.1, -0.05) is 30.3 Å². The summed E-state index contributed by atoms with van der Waals surface area (Å²) in [5, 5.41) is 12.2. The summed E-state index contributed by atoms with van der Waals surface area (Å²) in [4.78, 5) is 18.6. The molecular formula is C20H28ClN5O2. The molecule has 1 atom stereocenters. The molecule has 28 heavy (non-hydrogen) atoms. The number of oxime groups is 1. The number of hydrogen-bond acceptors (Lipinski definition) is 5. The first-order valence-electron chi connectivity index (χ1n) is 9.91. The number of aromatic nitrogens is 3. The third-order valence-electron chi connectivity index (χ3n) is 5.43. The molecule has 2 aromatic rings. The van der Waals surface area contributed by atoms with Crippen LogP contribution in [0, 0.1) is 5.92 Å². The van der Waals surface area contributed by atoms with Crippen LogP contribution in [0.3, 0.4) is 0 Å². The van der Waals surface area contributed by atoms with Crippen molar-refractivity contribution < 1.29 is 4.84 Å². The lowest BCUT2D eigenvalue weighted by atomic mass is 9.94. The van der Waals surface area contributed by atoms with Crippen LogP contribution in [0.4, 0.5) is 0 Å². The summed E-state index contributed by atoms with van der Waals surface area (Å²) < 4.78 is 3.32.